The minimum absolute atomic E-state index is 0.275. The van der Waals surface area contributed by atoms with Gasteiger partial charge in [-0.3, -0.25) is 4.79 Å². The monoisotopic (exact) mass is 454 g/mol. The summed E-state index contributed by atoms with van der Waals surface area (Å²) in [5.41, 5.74) is 3.10. The molecular formula is C26H38N4OS. The highest BCUT2D eigenvalue weighted by atomic mass is 32.1. The van der Waals surface area contributed by atoms with Gasteiger partial charge in [0.2, 0.25) is 11.0 Å². The molecule has 0 spiro atoms. The molecule has 174 valence electrons. The standard InChI is InChI=1S/C26H38N4OS/c1-18(2)29(24-27-22(28-32-24)13-20-9-7-19(3)8-10-20)12-11-23(31)30-17-26(6)15-21(30)14-25(4,5)16-26/h7-10,18,21H,11-17H2,1-6H3. The Morgan fingerprint density at radius 2 is 1.94 bits per heavy atom. The van der Waals surface area contributed by atoms with E-state index in [-0.39, 0.29) is 11.5 Å². The highest BCUT2D eigenvalue weighted by molar-refractivity contribution is 7.09. The van der Waals surface area contributed by atoms with Crippen molar-refractivity contribution in [3.8, 4) is 0 Å². The van der Waals surface area contributed by atoms with Gasteiger partial charge < -0.3 is 9.80 Å². The highest BCUT2D eigenvalue weighted by Crippen LogP contribution is 2.52. The van der Waals surface area contributed by atoms with Gasteiger partial charge in [0.05, 0.1) is 0 Å². The second-order valence-corrected chi connectivity index (χ2v) is 12.2. The van der Waals surface area contributed by atoms with Crippen LogP contribution in [0.4, 0.5) is 5.13 Å². The first kappa shape index (κ1) is 23.2. The van der Waals surface area contributed by atoms with Crippen LogP contribution in [0.3, 0.4) is 0 Å². The average molecular weight is 455 g/mol. The number of carbonyl (C=O) groups is 1. The zero-order chi connectivity index (χ0) is 23.1. The van der Waals surface area contributed by atoms with Gasteiger partial charge in [0, 0.05) is 49.5 Å². The van der Waals surface area contributed by atoms with Crippen LogP contribution in [0, 0.1) is 17.8 Å². The Morgan fingerprint density at radius 3 is 2.62 bits per heavy atom. The number of anilines is 1. The Kier molecular flexibility index (Phi) is 6.36. The Hall–Kier alpha value is -1.95. The van der Waals surface area contributed by atoms with E-state index in [0.717, 1.165) is 36.8 Å². The van der Waals surface area contributed by atoms with E-state index in [0.29, 0.717) is 30.3 Å². The first-order chi connectivity index (χ1) is 15.0. The molecule has 2 unspecified atom stereocenters. The van der Waals surface area contributed by atoms with Crippen LogP contribution in [0.2, 0.25) is 0 Å². The maximum absolute atomic E-state index is 13.2. The van der Waals surface area contributed by atoms with Gasteiger partial charge in [-0.15, -0.1) is 0 Å². The summed E-state index contributed by atoms with van der Waals surface area (Å²) in [7, 11) is 0. The second kappa shape index (κ2) is 8.77. The number of fused-ring (bicyclic) bond motifs is 2. The fourth-order valence-electron chi connectivity index (χ4n) is 6.01. The van der Waals surface area contributed by atoms with Crippen LogP contribution >= 0.6 is 11.5 Å². The summed E-state index contributed by atoms with van der Waals surface area (Å²) in [5.74, 6) is 1.15. The molecule has 0 radical (unpaired) electrons. The van der Waals surface area contributed by atoms with Gasteiger partial charge in [0.15, 0.2) is 0 Å². The number of amides is 1. The lowest BCUT2D eigenvalue weighted by molar-refractivity contribution is -0.132. The number of hydrogen-bond donors (Lipinski definition) is 0. The molecule has 2 aromatic rings. The van der Waals surface area contributed by atoms with Crippen LogP contribution < -0.4 is 4.90 Å². The smallest absolute Gasteiger partial charge is 0.224 e. The molecule has 4 rings (SSSR count). The lowest BCUT2D eigenvalue weighted by Gasteiger charge is -2.39. The molecule has 2 heterocycles. The third-order valence-electron chi connectivity index (χ3n) is 7.11. The largest absolute Gasteiger partial charge is 0.344 e. The van der Waals surface area contributed by atoms with Crippen LogP contribution in [0.5, 0.6) is 0 Å². The molecule has 6 heteroatoms. The van der Waals surface area contributed by atoms with Gasteiger partial charge in [0.1, 0.15) is 5.82 Å². The van der Waals surface area contributed by atoms with E-state index in [9.17, 15) is 4.79 Å². The Morgan fingerprint density at radius 1 is 1.22 bits per heavy atom. The number of aromatic nitrogens is 2. The molecule has 1 amide bonds. The molecule has 2 fully saturated rings. The summed E-state index contributed by atoms with van der Waals surface area (Å²) in [5, 5.41) is 0.920. The van der Waals surface area contributed by atoms with Gasteiger partial charge in [-0.2, -0.15) is 4.37 Å². The third kappa shape index (κ3) is 5.16. The predicted octanol–water partition coefficient (Wildman–Crippen LogP) is 5.47. The molecule has 1 saturated carbocycles. The van der Waals surface area contributed by atoms with Gasteiger partial charge >= 0.3 is 0 Å². The van der Waals surface area contributed by atoms with Crippen LogP contribution in [0.25, 0.3) is 0 Å². The molecule has 1 aromatic carbocycles. The highest BCUT2D eigenvalue weighted by Gasteiger charge is 2.50. The molecule has 1 aromatic heterocycles. The van der Waals surface area contributed by atoms with Gasteiger partial charge in [-0.05, 0) is 56.4 Å². The zero-order valence-corrected chi connectivity index (χ0v) is 21.3. The number of benzene rings is 1. The summed E-state index contributed by atoms with van der Waals surface area (Å²) in [6.45, 7) is 15.1. The minimum Gasteiger partial charge on any atom is -0.344 e. The van der Waals surface area contributed by atoms with Crippen molar-refractivity contribution in [1.82, 2.24) is 14.3 Å². The Bertz CT molecular complexity index is 951. The van der Waals surface area contributed by atoms with Crippen molar-refractivity contribution < 1.29 is 4.79 Å². The van der Waals surface area contributed by atoms with E-state index in [1.165, 1.54) is 29.1 Å². The summed E-state index contributed by atoms with van der Waals surface area (Å²) in [6, 6.07) is 9.22. The van der Waals surface area contributed by atoms with Crippen molar-refractivity contribution in [3.05, 3.63) is 41.2 Å². The first-order valence-electron chi connectivity index (χ1n) is 12.0. The van der Waals surface area contributed by atoms with Crippen LogP contribution in [-0.4, -0.2) is 45.3 Å². The van der Waals surface area contributed by atoms with E-state index in [4.69, 9.17) is 4.98 Å². The predicted molar refractivity (Wildman–Crippen MR) is 132 cm³/mol. The van der Waals surface area contributed by atoms with Crippen molar-refractivity contribution in [3.63, 3.8) is 0 Å². The number of likely N-dealkylation sites (tertiary alicyclic amines) is 1. The molecule has 1 aliphatic heterocycles. The van der Waals surface area contributed by atoms with Crippen LogP contribution in [0.15, 0.2) is 24.3 Å². The number of rotatable bonds is 7. The van der Waals surface area contributed by atoms with Crippen molar-refractivity contribution >= 4 is 22.6 Å². The Labute approximate surface area is 197 Å². The van der Waals surface area contributed by atoms with E-state index >= 15 is 0 Å². The summed E-state index contributed by atoms with van der Waals surface area (Å²) in [6.07, 6.45) is 4.78. The molecule has 1 saturated heterocycles. The number of carbonyl (C=O) groups excluding carboxylic acids is 1. The summed E-state index contributed by atoms with van der Waals surface area (Å²) >= 11 is 1.45. The number of aryl methyl sites for hydroxylation is 1. The maximum atomic E-state index is 13.2. The average Bonchev–Trinajstić information content (AvgIpc) is 3.24. The summed E-state index contributed by atoms with van der Waals surface area (Å²) in [4.78, 5) is 22.5. The topological polar surface area (TPSA) is 49.3 Å². The molecule has 2 atom stereocenters. The normalized spacial score (nSPS) is 24.2. The Balaban J connectivity index is 1.39. The van der Waals surface area contributed by atoms with Gasteiger partial charge in [-0.1, -0.05) is 50.6 Å². The number of nitrogens with zero attached hydrogens (tertiary/aromatic N) is 4. The fourth-order valence-corrected chi connectivity index (χ4v) is 6.85. The molecule has 32 heavy (non-hydrogen) atoms. The third-order valence-corrected chi connectivity index (χ3v) is 7.90. The van der Waals surface area contributed by atoms with Crippen LogP contribution in [0.1, 0.15) is 77.3 Å². The van der Waals surface area contributed by atoms with Crippen molar-refractivity contribution in [2.75, 3.05) is 18.0 Å². The van der Waals surface area contributed by atoms with Crippen molar-refractivity contribution in [1.29, 1.82) is 0 Å². The van der Waals surface area contributed by atoms with Crippen LogP contribution in [-0.2, 0) is 11.2 Å². The van der Waals surface area contributed by atoms with E-state index in [1.807, 2.05) is 0 Å². The lowest BCUT2D eigenvalue weighted by atomic mass is 9.65. The lowest BCUT2D eigenvalue weighted by Crippen LogP contribution is -2.40. The van der Waals surface area contributed by atoms with Gasteiger partial charge in [0.25, 0.3) is 0 Å². The molecule has 1 aliphatic carbocycles. The zero-order valence-electron chi connectivity index (χ0n) is 20.5. The van der Waals surface area contributed by atoms with Crippen molar-refractivity contribution in [2.24, 2.45) is 10.8 Å². The molecular weight excluding hydrogens is 416 g/mol. The minimum atomic E-state index is 0.275. The van der Waals surface area contributed by atoms with E-state index in [2.05, 4.69) is 80.0 Å². The SMILES string of the molecule is Cc1ccc(Cc2nsc(N(CCC(=O)N3CC4(C)CC3CC(C)(C)C4)C(C)C)n2)cc1. The molecule has 2 aliphatic rings. The van der Waals surface area contributed by atoms with Crippen molar-refractivity contribution in [2.45, 2.75) is 85.7 Å². The maximum Gasteiger partial charge on any atom is 0.224 e. The first-order valence-corrected chi connectivity index (χ1v) is 12.8. The second-order valence-electron chi connectivity index (χ2n) is 11.4. The van der Waals surface area contributed by atoms with Gasteiger partial charge in [-0.25, -0.2) is 4.98 Å². The molecule has 2 bridgehead atoms. The quantitative estimate of drug-likeness (QED) is 0.557. The molecule has 0 N–H and O–H groups in total. The van der Waals surface area contributed by atoms with E-state index < -0.39 is 0 Å². The fraction of sp³-hybridized carbons (Fsp3) is 0.654. The number of hydrogen-bond acceptors (Lipinski definition) is 5. The molecule has 5 nitrogen and oxygen atoms in total. The van der Waals surface area contributed by atoms with E-state index in [1.54, 1.807) is 0 Å². The summed E-state index contributed by atoms with van der Waals surface area (Å²) < 4.78 is 4.60.